The number of hydrogen-bond donors (Lipinski definition) is 1. The van der Waals surface area contributed by atoms with Crippen molar-refractivity contribution in [2.45, 2.75) is 83.6 Å². The Labute approximate surface area is 192 Å². The number of carbonyl (C=O) groups is 1. The first kappa shape index (κ1) is 25.5. The molecular weight excluding hydrogens is 430 g/mol. The van der Waals surface area contributed by atoms with Gasteiger partial charge in [-0.1, -0.05) is 52.2 Å². The first-order chi connectivity index (χ1) is 14.9. The Balaban J connectivity index is 0.00000166. The third-order valence-electron chi connectivity index (χ3n) is 5.26. The lowest BCUT2D eigenvalue weighted by Crippen LogP contribution is -2.41. The third-order valence-corrected chi connectivity index (χ3v) is 8.04. The van der Waals surface area contributed by atoms with E-state index in [-0.39, 0.29) is 13.4 Å². The van der Waals surface area contributed by atoms with Crippen LogP contribution in [0.25, 0.3) is 11.3 Å². The number of thiazole rings is 1. The average Bonchev–Trinajstić information content (AvgIpc) is 3.24. The van der Waals surface area contributed by atoms with Crippen LogP contribution in [0.3, 0.4) is 0 Å². The molecule has 1 aliphatic heterocycles. The van der Waals surface area contributed by atoms with Crippen molar-refractivity contribution in [3.63, 3.8) is 0 Å². The molecule has 1 aromatic heterocycles. The molecule has 1 N–H and O–H groups in total. The number of piperidine rings is 1. The van der Waals surface area contributed by atoms with E-state index in [0.717, 1.165) is 49.8 Å². The molecule has 174 valence electrons. The standard InChI is InChI=1S/C21H29N3O3S2.C2H6.H2/c1-3-4-5-9-20(25)23-21-22-19(15-28-21)17-10-12-18(13-11-17)29(26,27)24-14-7-6-8-16(24)2;1-2;/h10-13,15-16H,3-9,14H2,1-2H3,(H,22,23,25);1-2H3;1H. The average molecular weight is 468 g/mol. The van der Waals surface area contributed by atoms with Gasteiger partial charge in [0.25, 0.3) is 0 Å². The van der Waals surface area contributed by atoms with E-state index in [2.05, 4.69) is 17.2 Å². The minimum Gasteiger partial charge on any atom is -0.302 e. The van der Waals surface area contributed by atoms with Gasteiger partial charge in [-0.25, -0.2) is 13.4 Å². The van der Waals surface area contributed by atoms with Crippen LogP contribution in [0.15, 0.2) is 34.5 Å². The van der Waals surface area contributed by atoms with Crippen molar-refractivity contribution in [2.75, 3.05) is 11.9 Å². The minimum absolute atomic E-state index is 0. The molecule has 2 heterocycles. The molecule has 0 saturated carbocycles. The van der Waals surface area contributed by atoms with E-state index in [4.69, 9.17) is 0 Å². The quantitative estimate of drug-likeness (QED) is 0.471. The fourth-order valence-electron chi connectivity index (χ4n) is 3.54. The molecule has 1 aliphatic rings. The van der Waals surface area contributed by atoms with Crippen molar-refractivity contribution in [2.24, 2.45) is 0 Å². The summed E-state index contributed by atoms with van der Waals surface area (Å²) >= 11 is 1.38. The highest BCUT2D eigenvalue weighted by atomic mass is 32.2. The molecule has 3 rings (SSSR count). The van der Waals surface area contributed by atoms with E-state index in [0.29, 0.717) is 23.0 Å². The fourth-order valence-corrected chi connectivity index (χ4v) is 5.98. The highest BCUT2D eigenvalue weighted by molar-refractivity contribution is 7.89. The Hall–Kier alpha value is -1.77. The van der Waals surface area contributed by atoms with E-state index in [9.17, 15) is 13.2 Å². The molecule has 0 spiro atoms. The summed E-state index contributed by atoms with van der Waals surface area (Å²) in [5.41, 5.74) is 1.56. The van der Waals surface area contributed by atoms with Crippen molar-refractivity contribution >= 4 is 32.4 Å². The summed E-state index contributed by atoms with van der Waals surface area (Å²) in [5, 5.41) is 5.28. The van der Waals surface area contributed by atoms with Crippen LogP contribution in [0, 0.1) is 0 Å². The summed E-state index contributed by atoms with van der Waals surface area (Å²) in [5.74, 6) is -0.0172. The number of anilines is 1. The van der Waals surface area contributed by atoms with Gasteiger partial charge < -0.3 is 5.32 Å². The van der Waals surface area contributed by atoms with Crippen molar-refractivity contribution in [3.8, 4) is 11.3 Å². The minimum atomic E-state index is -3.47. The summed E-state index contributed by atoms with van der Waals surface area (Å²) in [7, 11) is -3.47. The van der Waals surface area contributed by atoms with Crippen LogP contribution in [0.1, 0.15) is 74.1 Å². The van der Waals surface area contributed by atoms with Crippen LogP contribution in [0.2, 0.25) is 0 Å². The van der Waals surface area contributed by atoms with Crippen LogP contribution in [-0.4, -0.2) is 36.2 Å². The van der Waals surface area contributed by atoms with Crippen LogP contribution in [0.5, 0.6) is 0 Å². The van der Waals surface area contributed by atoms with Gasteiger partial charge >= 0.3 is 0 Å². The molecule has 1 amide bonds. The Morgan fingerprint density at radius 3 is 2.58 bits per heavy atom. The Kier molecular flexibility index (Phi) is 10.1. The zero-order valence-electron chi connectivity index (χ0n) is 19.1. The number of hydrogen-bond acceptors (Lipinski definition) is 5. The monoisotopic (exact) mass is 467 g/mol. The Morgan fingerprint density at radius 2 is 1.94 bits per heavy atom. The molecule has 1 fully saturated rings. The number of rotatable bonds is 8. The molecule has 1 saturated heterocycles. The highest BCUT2D eigenvalue weighted by Gasteiger charge is 2.30. The number of sulfonamides is 1. The van der Waals surface area contributed by atoms with Gasteiger partial charge in [0.15, 0.2) is 5.13 Å². The van der Waals surface area contributed by atoms with Crippen LogP contribution in [0.4, 0.5) is 5.13 Å². The van der Waals surface area contributed by atoms with Gasteiger partial charge in [0.05, 0.1) is 10.6 Å². The predicted octanol–water partition coefficient (Wildman–Crippen LogP) is 6.16. The molecule has 31 heavy (non-hydrogen) atoms. The number of benzene rings is 1. The predicted molar refractivity (Wildman–Crippen MR) is 131 cm³/mol. The van der Waals surface area contributed by atoms with Crippen LogP contribution >= 0.6 is 11.3 Å². The molecule has 1 atom stereocenters. The number of nitrogens with one attached hydrogen (secondary N) is 1. The topological polar surface area (TPSA) is 79.4 Å². The maximum atomic E-state index is 12.9. The largest absolute Gasteiger partial charge is 0.302 e. The first-order valence-corrected chi connectivity index (χ1v) is 13.6. The van der Waals surface area contributed by atoms with Crippen molar-refractivity contribution in [1.29, 1.82) is 0 Å². The third kappa shape index (κ3) is 6.85. The second-order valence-corrected chi connectivity index (χ2v) is 10.3. The summed E-state index contributed by atoms with van der Waals surface area (Å²) < 4.78 is 27.5. The summed E-state index contributed by atoms with van der Waals surface area (Å²) in [6, 6.07) is 6.89. The lowest BCUT2D eigenvalue weighted by atomic mass is 10.1. The van der Waals surface area contributed by atoms with Gasteiger partial charge in [0.2, 0.25) is 15.9 Å². The Bertz CT molecular complexity index is 930. The lowest BCUT2D eigenvalue weighted by Gasteiger charge is -2.32. The van der Waals surface area contributed by atoms with E-state index in [1.165, 1.54) is 11.3 Å². The molecule has 0 bridgehead atoms. The smallest absolute Gasteiger partial charge is 0.243 e. The maximum Gasteiger partial charge on any atom is 0.243 e. The first-order valence-electron chi connectivity index (χ1n) is 11.3. The molecule has 2 aromatic rings. The summed E-state index contributed by atoms with van der Waals surface area (Å²) in [6.07, 6.45) is 6.40. The second-order valence-electron chi connectivity index (χ2n) is 7.53. The number of nitrogens with zero attached hydrogens (tertiary/aromatic N) is 2. The molecule has 6 nitrogen and oxygen atoms in total. The van der Waals surface area contributed by atoms with Crippen LogP contribution < -0.4 is 5.32 Å². The zero-order valence-corrected chi connectivity index (χ0v) is 20.7. The van der Waals surface area contributed by atoms with E-state index >= 15 is 0 Å². The van der Waals surface area contributed by atoms with Gasteiger partial charge in [-0.05, 0) is 38.3 Å². The van der Waals surface area contributed by atoms with E-state index in [1.807, 2.05) is 26.2 Å². The maximum absolute atomic E-state index is 12.9. The number of amides is 1. The van der Waals surface area contributed by atoms with Gasteiger partial charge in [-0.3, -0.25) is 4.79 Å². The number of aromatic nitrogens is 1. The van der Waals surface area contributed by atoms with Gasteiger partial charge in [-0.2, -0.15) is 4.31 Å². The fraction of sp³-hybridized carbons (Fsp3) is 0.565. The van der Waals surface area contributed by atoms with Crippen LogP contribution in [-0.2, 0) is 14.8 Å². The van der Waals surface area contributed by atoms with Crippen molar-refractivity contribution in [3.05, 3.63) is 29.6 Å². The van der Waals surface area contributed by atoms with Gasteiger partial charge in [-0.15, -0.1) is 11.3 Å². The van der Waals surface area contributed by atoms with E-state index < -0.39 is 10.0 Å². The lowest BCUT2D eigenvalue weighted by molar-refractivity contribution is -0.116. The molecule has 1 unspecified atom stereocenters. The second kappa shape index (κ2) is 12.3. The number of carbonyl (C=O) groups excluding carboxylic acids is 1. The van der Waals surface area contributed by atoms with Gasteiger partial charge in [0, 0.05) is 31.4 Å². The van der Waals surface area contributed by atoms with Crippen molar-refractivity contribution < 1.29 is 14.6 Å². The molecule has 1 aromatic carbocycles. The summed E-state index contributed by atoms with van der Waals surface area (Å²) in [4.78, 5) is 16.7. The number of unbranched alkanes of at least 4 members (excludes halogenated alkanes) is 2. The Morgan fingerprint density at radius 1 is 1.23 bits per heavy atom. The van der Waals surface area contributed by atoms with Crippen molar-refractivity contribution in [1.82, 2.24) is 9.29 Å². The normalized spacial score (nSPS) is 17.0. The molecule has 8 heteroatoms. The summed E-state index contributed by atoms with van der Waals surface area (Å²) in [6.45, 7) is 8.66. The molecule has 0 radical (unpaired) electrons. The van der Waals surface area contributed by atoms with E-state index in [1.54, 1.807) is 28.6 Å². The molecule has 0 aliphatic carbocycles. The highest BCUT2D eigenvalue weighted by Crippen LogP contribution is 2.29. The SMILES string of the molecule is CC.CCCCCC(=O)Nc1nc(-c2ccc(S(=O)(=O)N3CCCCC3C)cc2)cs1.[HH]. The van der Waals surface area contributed by atoms with Gasteiger partial charge in [0.1, 0.15) is 0 Å². The molecular formula is C23H37N3O3S2. The zero-order chi connectivity index (χ0) is 22.9.